The molecule has 1 atom stereocenters. The van der Waals surface area contributed by atoms with E-state index in [4.69, 9.17) is 5.26 Å². The molecule has 0 fully saturated rings. The van der Waals surface area contributed by atoms with Crippen LogP contribution in [0.15, 0.2) is 16.8 Å². The van der Waals surface area contributed by atoms with Crippen LogP contribution in [0.5, 0.6) is 0 Å². The van der Waals surface area contributed by atoms with Crippen molar-refractivity contribution in [1.29, 1.82) is 5.26 Å². The highest BCUT2D eigenvalue weighted by atomic mass is 32.1. The van der Waals surface area contributed by atoms with Gasteiger partial charge in [-0.15, -0.1) is 0 Å². The summed E-state index contributed by atoms with van der Waals surface area (Å²) in [6.07, 6.45) is 0.840. The first kappa shape index (κ1) is 8.09. The van der Waals surface area contributed by atoms with Crippen molar-refractivity contribution in [2.75, 3.05) is 5.32 Å². The Morgan fingerprint density at radius 3 is 3.09 bits per heavy atom. The molecule has 0 aliphatic rings. The summed E-state index contributed by atoms with van der Waals surface area (Å²) < 4.78 is 0. The zero-order valence-corrected chi connectivity index (χ0v) is 7.19. The van der Waals surface area contributed by atoms with E-state index in [-0.39, 0.29) is 6.04 Å². The molecule has 1 aromatic rings. The van der Waals surface area contributed by atoms with Gasteiger partial charge in [-0.1, -0.05) is 6.92 Å². The molecule has 0 aromatic carbocycles. The zero-order valence-electron chi connectivity index (χ0n) is 6.37. The molecule has 0 radical (unpaired) electrons. The van der Waals surface area contributed by atoms with Gasteiger partial charge in [-0.25, -0.2) is 0 Å². The highest BCUT2D eigenvalue weighted by Gasteiger charge is 2.02. The lowest BCUT2D eigenvalue weighted by Gasteiger charge is -2.07. The van der Waals surface area contributed by atoms with Gasteiger partial charge in [-0.3, -0.25) is 0 Å². The third kappa shape index (κ3) is 2.24. The number of nitriles is 1. The molecule has 0 amide bonds. The SMILES string of the molecule is CCC(C#N)Nc1ccsc1. The highest BCUT2D eigenvalue weighted by molar-refractivity contribution is 7.08. The first-order chi connectivity index (χ1) is 5.36. The van der Waals surface area contributed by atoms with Crippen LogP contribution in [-0.4, -0.2) is 6.04 Å². The van der Waals surface area contributed by atoms with Crippen molar-refractivity contribution >= 4 is 17.0 Å². The minimum absolute atomic E-state index is 0.0513. The standard InChI is InChI=1S/C8H10N2S/c1-2-7(5-9)10-8-3-4-11-6-8/h3-4,6-7,10H,2H2,1H3. The quantitative estimate of drug-likeness (QED) is 0.748. The van der Waals surface area contributed by atoms with Crippen LogP contribution < -0.4 is 5.32 Å². The van der Waals surface area contributed by atoms with Gasteiger partial charge >= 0.3 is 0 Å². The molecule has 1 rings (SSSR count). The second-order valence-electron chi connectivity index (χ2n) is 2.25. The van der Waals surface area contributed by atoms with Gasteiger partial charge in [0.1, 0.15) is 6.04 Å². The Balaban J connectivity index is 2.49. The molecule has 58 valence electrons. The van der Waals surface area contributed by atoms with Crippen LogP contribution in [0.1, 0.15) is 13.3 Å². The van der Waals surface area contributed by atoms with Crippen molar-refractivity contribution in [3.05, 3.63) is 16.8 Å². The van der Waals surface area contributed by atoms with Crippen molar-refractivity contribution in [2.24, 2.45) is 0 Å². The zero-order chi connectivity index (χ0) is 8.10. The fourth-order valence-corrected chi connectivity index (χ4v) is 1.37. The first-order valence-electron chi connectivity index (χ1n) is 3.55. The number of nitrogens with one attached hydrogen (secondary N) is 1. The van der Waals surface area contributed by atoms with Crippen LogP contribution in [-0.2, 0) is 0 Å². The van der Waals surface area contributed by atoms with Crippen LogP contribution in [0.2, 0.25) is 0 Å². The fraction of sp³-hybridized carbons (Fsp3) is 0.375. The topological polar surface area (TPSA) is 35.8 Å². The van der Waals surface area contributed by atoms with Gasteiger partial charge in [0.05, 0.1) is 6.07 Å². The molecule has 1 N–H and O–H groups in total. The smallest absolute Gasteiger partial charge is 0.114 e. The highest BCUT2D eigenvalue weighted by Crippen LogP contribution is 2.13. The summed E-state index contributed by atoms with van der Waals surface area (Å²) in [5.41, 5.74) is 1.04. The molecule has 0 saturated heterocycles. The van der Waals surface area contributed by atoms with Crippen molar-refractivity contribution in [3.63, 3.8) is 0 Å². The third-order valence-corrected chi connectivity index (χ3v) is 2.11. The maximum atomic E-state index is 8.62. The van der Waals surface area contributed by atoms with E-state index in [0.717, 1.165) is 12.1 Å². The van der Waals surface area contributed by atoms with E-state index in [1.165, 1.54) is 0 Å². The third-order valence-electron chi connectivity index (χ3n) is 1.43. The number of hydrogen-bond donors (Lipinski definition) is 1. The first-order valence-corrected chi connectivity index (χ1v) is 4.49. The second kappa shape index (κ2) is 3.99. The Kier molecular flexibility index (Phi) is 2.94. The summed E-state index contributed by atoms with van der Waals surface area (Å²) in [5.74, 6) is 0. The van der Waals surface area contributed by atoms with E-state index in [0.29, 0.717) is 0 Å². The van der Waals surface area contributed by atoms with E-state index < -0.39 is 0 Å². The van der Waals surface area contributed by atoms with Gasteiger partial charge in [-0.05, 0) is 17.9 Å². The molecule has 0 aliphatic heterocycles. The molecule has 2 nitrogen and oxygen atoms in total. The van der Waals surface area contributed by atoms with Gasteiger partial charge < -0.3 is 5.32 Å². The summed E-state index contributed by atoms with van der Waals surface area (Å²) >= 11 is 1.63. The summed E-state index contributed by atoms with van der Waals surface area (Å²) in [6, 6.07) is 4.11. The molecular formula is C8H10N2S. The minimum atomic E-state index is -0.0513. The Labute approximate surface area is 70.5 Å². The summed E-state index contributed by atoms with van der Waals surface area (Å²) in [7, 11) is 0. The lowest BCUT2D eigenvalue weighted by atomic mass is 10.2. The van der Waals surface area contributed by atoms with E-state index in [1.54, 1.807) is 11.3 Å². The van der Waals surface area contributed by atoms with Gasteiger partial charge in [-0.2, -0.15) is 16.6 Å². The maximum Gasteiger partial charge on any atom is 0.114 e. The molecule has 11 heavy (non-hydrogen) atoms. The van der Waals surface area contributed by atoms with E-state index in [2.05, 4.69) is 11.4 Å². The Bertz CT molecular complexity index is 235. The van der Waals surface area contributed by atoms with Crippen LogP contribution in [0, 0.1) is 11.3 Å². The van der Waals surface area contributed by atoms with Gasteiger partial charge in [0.2, 0.25) is 0 Å². The van der Waals surface area contributed by atoms with Crippen LogP contribution in [0.3, 0.4) is 0 Å². The second-order valence-corrected chi connectivity index (χ2v) is 3.03. The molecular weight excluding hydrogens is 156 g/mol. The Hall–Kier alpha value is -1.01. The van der Waals surface area contributed by atoms with Crippen LogP contribution >= 0.6 is 11.3 Å². The maximum absolute atomic E-state index is 8.62. The molecule has 1 heterocycles. The summed E-state index contributed by atoms with van der Waals surface area (Å²) in [6.45, 7) is 1.99. The monoisotopic (exact) mass is 166 g/mol. The minimum Gasteiger partial charge on any atom is -0.369 e. The van der Waals surface area contributed by atoms with Gasteiger partial charge in [0.25, 0.3) is 0 Å². The largest absolute Gasteiger partial charge is 0.369 e. The van der Waals surface area contributed by atoms with Crippen LogP contribution in [0.4, 0.5) is 5.69 Å². The van der Waals surface area contributed by atoms with E-state index in [9.17, 15) is 0 Å². The van der Waals surface area contributed by atoms with Crippen molar-refractivity contribution < 1.29 is 0 Å². The predicted molar refractivity (Wildman–Crippen MR) is 47.6 cm³/mol. The number of nitrogens with zero attached hydrogens (tertiary/aromatic N) is 1. The summed E-state index contributed by atoms with van der Waals surface area (Å²) in [5, 5.41) is 15.7. The molecule has 3 heteroatoms. The average molecular weight is 166 g/mol. The fourth-order valence-electron chi connectivity index (χ4n) is 0.773. The summed E-state index contributed by atoms with van der Waals surface area (Å²) in [4.78, 5) is 0. The van der Waals surface area contributed by atoms with Gasteiger partial charge in [0, 0.05) is 11.1 Å². The predicted octanol–water partition coefficient (Wildman–Crippen LogP) is 2.46. The lowest BCUT2D eigenvalue weighted by molar-refractivity contribution is 0.846. The number of anilines is 1. The van der Waals surface area contributed by atoms with E-state index >= 15 is 0 Å². The average Bonchev–Trinajstić information content (AvgIpc) is 2.52. The van der Waals surface area contributed by atoms with Crippen molar-refractivity contribution in [3.8, 4) is 6.07 Å². The molecule has 0 aliphatic carbocycles. The van der Waals surface area contributed by atoms with E-state index in [1.807, 2.05) is 23.8 Å². The van der Waals surface area contributed by atoms with Gasteiger partial charge in [0.15, 0.2) is 0 Å². The van der Waals surface area contributed by atoms with Crippen molar-refractivity contribution in [2.45, 2.75) is 19.4 Å². The Morgan fingerprint density at radius 2 is 2.64 bits per heavy atom. The number of thiophene rings is 1. The Morgan fingerprint density at radius 1 is 1.82 bits per heavy atom. The number of hydrogen-bond acceptors (Lipinski definition) is 3. The lowest BCUT2D eigenvalue weighted by Crippen LogP contribution is -2.14. The normalized spacial score (nSPS) is 12.0. The molecule has 1 aromatic heterocycles. The number of rotatable bonds is 3. The molecule has 0 spiro atoms. The van der Waals surface area contributed by atoms with Crippen molar-refractivity contribution in [1.82, 2.24) is 0 Å². The molecule has 1 unspecified atom stereocenters. The molecule has 0 saturated carbocycles. The molecule has 0 bridgehead atoms. The van der Waals surface area contributed by atoms with Crippen LogP contribution in [0.25, 0.3) is 0 Å².